The van der Waals surface area contributed by atoms with Crippen LogP contribution in [0.1, 0.15) is 47.0 Å². The first-order chi connectivity index (χ1) is 8.52. The second kappa shape index (κ2) is 5.52. The molecule has 0 amide bonds. The van der Waals surface area contributed by atoms with Crippen molar-refractivity contribution in [1.29, 1.82) is 0 Å². The number of allylic oxidation sites excluding steroid dienone is 7. The average molecular weight is 260 g/mol. The van der Waals surface area contributed by atoms with E-state index in [1.165, 1.54) is 24.0 Å². The topological polar surface area (TPSA) is 0 Å². The van der Waals surface area contributed by atoms with Crippen LogP contribution in [-0.4, -0.2) is 10.00 Å². The van der Waals surface area contributed by atoms with Crippen molar-refractivity contribution >= 4 is 11.8 Å². The third kappa shape index (κ3) is 3.00. The highest BCUT2D eigenvalue weighted by Crippen LogP contribution is 2.47. The third-order valence-electron chi connectivity index (χ3n) is 3.72. The van der Waals surface area contributed by atoms with Crippen LogP contribution in [0, 0.1) is 0 Å². The van der Waals surface area contributed by atoms with Crippen LogP contribution in [0.2, 0.25) is 0 Å². The summed E-state index contributed by atoms with van der Waals surface area (Å²) in [5.41, 5.74) is 4.48. The first-order valence-corrected chi connectivity index (χ1v) is 7.79. The van der Waals surface area contributed by atoms with Gasteiger partial charge in [0.2, 0.25) is 0 Å². The van der Waals surface area contributed by atoms with E-state index in [0.29, 0.717) is 5.25 Å². The number of rotatable bonds is 4. The highest BCUT2D eigenvalue weighted by atomic mass is 32.2. The Morgan fingerprint density at radius 3 is 2.61 bits per heavy atom. The molecule has 0 saturated carbocycles. The average Bonchev–Trinajstić information content (AvgIpc) is 2.76. The Hall–Kier alpha value is -0.690. The quantitative estimate of drug-likeness (QED) is 0.648. The van der Waals surface area contributed by atoms with Gasteiger partial charge in [-0.25, -0.2) is 0 Å². The molecule has 2 aliphatic rings. The van der Waals surface area contributed by atoms with Gasteiger partial charge in [-0.05, 0) is 38.4 Å². The van der Waals surface area contributed by atoms with Crippen LogP contribution in [0.5, 0.6) is 0 Å². The minimum Gasteiger partial charge on any atom is -0.147 e. The Morgan fingerprint density at radius 2 is 2.06 bits per heavy atom. The fourth-order valence-corrected chi connectivity index (χ4v) is 4.41. The highest BCUT2D eigenvalue weighted by Gasteiger charge is 2.35. The molecule has 0 aromatic rings. The summed E-state index contributed by atoms with van der Waals surface area (Å²) in [6.45, 7) is 9.14. The SMILES string of the molecule is CC1=CCC(CC2=CCC=C2)(SC(C)C)C(C)=C1. The Morgan fingerprint density at radius 1 is 1.28 bits per heavy atom. The smallest absolute Gasteiger partial charge is 0.0445 e. The molecule has 0 nitrogen and oxygen atoms in total. The van der Waals surface area contributed by atoms with E-state index in [1.54, 1.807) is 5.57 Å². The second-order valence-corrected chi connectivity index (χ2v) is 7.69. The van der Waals surface area contributed by atoms with Gasteiger partial charge >= 0.3 is 0 Å². The van der Waals surface area contributed by atoms with E-state index in [1.807, 2.05) is 0 Å². The maximum absolute atomic E-state index is 2.40. The summed E-state index contributed by atoms with van der Waals surface area (Å²) >= 11 is 2.13. The van der Waals surface area contributed by atoms with Crippen molar-refractivity contribution in [2.75, 3.05) is 0 Å². The zero-order chi connectivity index (χ0) is 13.2. The fraction of sp³-hybridized carbons (Fsp3) is 0.529. The maximum Gasteiger partial charge on any atom is 0.0445 e. The molecule has 0 heterocycles. The number of thioether (sulfide) groups is 1. The molecule has 0 spiro atoms. The first kappa shape index (κ1) is 13.7. The van der Waals surface area contributed by atoms with Gasteiger partial charge in [0.1, 0.15) is 0 Å². The summed E-state index contributed by atoms with van der Waals surface area (Å²) in [7, 11) is 0. The molecule has 18 heavy (non-hydrogen) atoms. The summed E-state index contributed by atoms with van der Waals surface area (Å²) in [5, 5.41) is 0.672. The fourth-order valence-electron chi connectivity index (χ4n) is 2.83. The molecule has 0 bridgehead atoms. The standard InChI is InChI=1S/C17H24S/c1-13(2)18-17(12-16-7-5-6-8-16)10-9-14(3)11-15(17)4/h5,7-9,11,13H,6,10,12H2,1-4H3. The van der Waals surface area contributed by atoms with Gasteiger partial charge in [-0.1, -0.05) is 60.9 Å². The lowest BCUT2D eigenvalue weighted by Crippen LogP contribution is -2.30. The minimum absolute atomic E-state index is 0.286. The van der Waals surface area contributed by atoms with Gasteiger partial charge in [0.15, 0.2) is 0 Å². The Kier molecular flexibility index (Phi) is 4.21. The molecule has 0 saturated heterocycles. The predicted molar refractivity (Wildman–Crippen MR) is 84.0 cm³/mol. The zero-order valence-corrected chi connectivity index (χ0v) is 12.8. The molecular weight excluding hydrogens is 236 g/mol. The molecule has 2 rings (SSSR count). The minimum atomic E-state index is 0.286. The summed E-state index contributed by atoms with van der Waals surface area (Å²) < 4.78 is 0.286. The number of hydrogen-bond acceptors (Lipinski definition) is 1. The lowest BCUT2D eigenvalue weighted by molar-refractivity contribution is 0.663. The van der Waals surface area contributed by atoms with Gasteiger partial charge in [-0.3, -0.25) is 0 Å². The van der Waals surface area contributed by atoms with E-state index in [4.69, 9.17) is 0 Å². The van der Waals surface area contributed by atoms with Crippen molar-refractivity contribution < 1.29 is 0 Å². The van der Waals surface area contributed by atoms with E-state index >= 15 is 0 Å². The van der Waals surface area contributed by atoms with Gasteiger partial charge in [0.25, 0.3) is 0 Å². The van der Waals surface area contributed by atoms with Crippen LogP contribution in [0.3, 0.4) is 0 Å². The lowest BCUT2D eigenvalue weighted by Gasteiger charge is -2.38. The van der Waals surface area contributed by atoms with Crippen molar-refractivity contribution in [1.82, 2.24) is 0 Å². The Bertz CT molecular complexity index is 435. The molecule has 0 N–H and O–H groups in total. The van der Waals surface area contributed by atoms with Crippen LogP contribution in [0.25, 0.3) is 0 Å². The molecule has 0 aliphatic heterocycles. The van der Waals surface area contributed by atoms with E-state index < -0.39 is 0 Å². The van der Waals surface area contributed by atoms with Crippen LogP contribution in [-0.2, 0) is 0 Å². The van der Waals surface area contributed by atoms with E-state index in [0.717, 1.165) is 6.42 Å². The van der Waals surface area contributed by atoms with Gasteiger partial charge in [0.05, 0.1) is 0 Å². The largest absolute Gasteiger partial charge is 0.147 e. The molecule has 0 aromatic carbocycles. The van der Waals surface area contributed by atoms with Gasteiger partial charge < -0.3 is 0 Å². The molecular formula is C17H24S. The van der Waals surface area contributed by atoms with E-state index in [2.05, 4.69) is 69.8 Å². The van der Waals surface area contributed by atoms with Crippen molar-refractivity contribution in [2.24, 2.45) is 0 Å². The molecule has 0 aromatic heterocycles. The van der Waals surface area contributed by atoms with Crippen molar-refractivity contribution in [3.05, 3.63) is 47.1 Å². The third-order valence-corrected chi connectivity index (χ3v) is 5.27. The first-order valence-electron chi connectivity index (χ1n) is 6.91. The maximum atomic E-state index is 2.40. The van der Waals surface area contributed by atoms with Gasteiger partial charge in [0, 0.05) is 4.75 Å². The summed E-state index contributed by atoms with van der Waals surface area (Å²) in [5.74, 6) is 0. The van der Waals surface area contributed by atoms with Crippen molar-refractivity contribution in [2.45, 2.75) is 57.0 Å². The Labute approximate surface area is 116 Å². The molecule has 98 valence electrons. The normalized spacial score (nSPS) is 27.3. The molecule has 2 aliphatic carbocycles. The van der Waals surface area contributed by atoms with Crippen LogP contribution >= 0.6 is 11.8 Å². The van der Waals surface area contributed by atoms with Crippen LogP contribution in [0.4, 0.5) is 0 Å². The molecule has 1 atom stereocenters. The zero-order valence-electron chi connectivity index (χ0n) is 12.0. The van der Waals surface area contributed by atoms with Crippen LogP contribution in [0.15, 0.2) is 47.1 Å². The van der Waals surface area contributed by atoms with Crippen molar-refractivity contribution in [3.63, 3.8) is 0 Å². The number of hydrogen-bond donors (Lipinski definition) is 0. The van der Waals surface area contributed by atoms with Gasteiger partial charge in [-0.2, -0.15) is 0 Å². The highest BCUT2D eigenvalue weighted by molar-refractivity contribution is 8.01. The summed E-state index contributed by atoms with van der Waals surface area (Å²) in [4.78, 5) is 0. The molecule has 0 fully saturated rings. The lowest BCUT2D eigenvalue weighted by atomic mass is 9.84. The summed E-state index contributed by atoms with van der Waals surface area (Å²) in [6, 6.07) is 0. The van der Waals surface area contributed by atoms with Crippen LogP contribution < -0.4 is 0 Å². The van der Waals surface area contributed by atoms with Gasteiger partial charge in [-0.15, -0.1) is 11.8 Å². The van der Waals surface area contributed by atoms with E-state index in [-0.39, 0.29) is 4.75 Å². The molecule has 0 radical (unpaired) electrons. The predicted octanol–water partition coefficient (Wildman–Crippen LogP) is 5.44. The molecule has 1 heteroatoms. The monoisotopic (exact) mass is 260 g/mol. The van der Waals surface area contributed by atoms with Crippen molar-refractivity contribution in [3.8, 4) is 0 Å². The second-order valence-electron chi connectivity index (χ2n) is 5.73. The summed E-state index contributed by atoms with van der Waals surface area (Å²) in [6.07, 6.45) is 15.2. The van der Waals surface area contributed by atoms with E-state index in [9.17, 15) is 0 Å². The molecule has 1 unspecified atom stereocenters. The Balaban J connectivity index is 2.24.